The van der Waals surface area contributed by atoms with Crippen LogP contribution in [0.3, 0.4) is 0 Å². The molecule has 0 unspecified atom stereocenters. The minimum Gasteiger partial charge on any atom is -0.376 e. The maximum Gasteiger partial charge on any atom is 0.141 e. The summed E-state index contributed by atoms with van der Waals surface area (Å²) >= 11 is 1.66. The first kappa shape index (κ1) is 15.8. The molecule has 0 aliphatic heterocycles. The smallest absolute Gasteiger partial charge is 0.141 e. The van der Waals surface area contributed by atoms with Crippen molar-refractivity contribution in [2.24, 2.45) is 0 Å². The van der Waals surface area contributed by atoms with Gasteiger partial charge in [0.25, 0.3) is 0 Å². The Morgan fingerprint density at radius 2 is 1.08 bits per heavy atom. The van der Waals surface area contributed by atoms with Crippen molar-refractivity contribution in [1.29, 1.82) is 0 Å². The van der Waals surface area contributed by atoms with Gasteiger partial charge >= 0.3 is 0 Å². The summed E-state index contributed by atoms with van der Waals surface area (Å²) in [5.41, 5.74) is 2.60. The number of benzene rings is 3. The average Bonchev–Trinajstić information content (AvgIpc) is 3.20. The van der Waals surface area contributed by atoms with Crippen LogP contribution >= 0.6 is 11.3 Å². The number of thiophene rings is 1. The van der Waals surface area contributed by atoms with E-state index in [9.17, 15) is 5.11 Å². The van der Waals surface area contributed by atoms with Crippen LogP contribution in [0.15, 0.2) is 102 Å². The Hall–Kier alpha value is -2.68. The van der Waals surface area contributed by atoms with E-state index >= 15 is 0 Å². The van der Waals surface area contributed by atoms with Gasteiger partial charge in [-0.25, -0.2) is 0 Å². The molecule has 0 amide bonds. The molecule has 122 valence electrons. The van der Waals surface area contributed by atoms with Gasteiger partial charge in [-0.05, 0) is 28.1 Å². The van der Waals surface area contributed by atoms with Gasteiger partial charge in [-0.1, -0.05) is 91.0 Å². The molecule has 3 aromatic carbocycles. The van der Waals surface area contributed by atoms with E-state index in [1.165, 1.54) is 0 Å². The second-order valence-electron chi connectivity index (χ2n) is 5.97. The summed E-state index contributed by atoms with van der Waals surface area (Å²) in [7, 11) is 0. The van der Waals surface area contributed by atoms with E-state index in [0.29, 0.717) is 0 Å². The summed E-state index contributed by atoms with van der Waals surface area (Å²) in [6.45, 7) is 0. The van der Waals surface area contributed by atoms with Crippen LogP contribution in [-0.4, -0.2) is 5.11 Å². The molecule has 0 bridgehead atoms. The molecule has 0 saturated carbocycles. The highest BCUT2D eigenvalue weighted by atomic mass is 32.1. The quantitative estimate of drug-likeness (QED) is 0.504. The number of rotatable bonds is 4. The third-order valence-electron chi connectivity index (χ3n) is 4.47. The fraction of sp³-hybridized carbons (Fsp3) is 0.0435. The molecule has 0 fully saturated rings. The fourth-order valence-electron chi connectivity index (χ4n) is 3.24. The lowest BCUT2D eigenvalue weighted by Gasteiger charge is -2.30. The lowest BCUT2D eigenvalue weighted by atomic mass is 9.80. The van der Waals surface area contributed by atoms with Crippen LogP contribution in [0, 0.1) is 0 Å². The van der Waals surface area contributed by atoms with E-state index in [1.807, 2.05) is 84.9 Å². The summed E-state index contributed by atoms with van der Waals surface area (Å²) in [6.07, 6.45) is 0. The SMILES string of the molecule is OC(c1ccccc1)(c1ccccc1)c1ccsc1-c1ccccc1. The van der Waals surface area contributed by atoms with Gasteiger partial charge in [-0.2, -0.15) is 0 Å². The molecule has 0 aliphatic rings. The molecule has 1 heterocycles. The van der Waals surface area contributed by atoms with E-state index in [2.05, 4.69) is 17.5 Å². The second kappa shape index (κ2) is 6.67. The first-order chi connectivity index (χ1) is 12.3. The molecule has 1 aromatic heterocycles. The van der Waals surface area contributed by atoms with Crippen LogP contribution in [0.5, 0.6) is 0 Å². The minimum absolute atomic E-state index is 0.872. The predicted molar refractivity (Wildman–Crippen MR) is 105 cm³/mol. The van der Waals surface area contributed by atoms with Gasteiger partial charge in [0.1, 0.15) is 5.60 Å². The zero-order chi connectivity index (χ0) is 17.1. The Morgan fingerprint density at radius 3 is 1.60 bits per heavy atom. The van der Waals surface area contributed by atoms with E-state index in [1.54, 1.807) is 11.3 Å². The summed E-state index contributed by atoms with van der Waals surface area (Å²) < 4.78 is 0. The van der Waals surface area contributed by atoms with E-state index < -0.39 is 5.60 Å². The molecule has 1 N–H and O–H groups in total. The highest BCUT2D eigenvalue weighted by Crippen LogP contribution is 2.43. The van der Waals surface area contributed by atoms with Crippen LogP contribution in [0.25, 0.3) is 10.4 Å². The zero-order valence-electron chi connectivity index (χ0n) is 13.7. The van der Waals surface area contributed by atoms with Crippen molar-refractivity contribution in [1.82, 2.24) is 0 Å². The molecule has 0 spiro atoms. The Kier molecular flexibility index (Phi) is 4.22. The molecule has 0 atom stereocenters. The fourth-order valence-corrected chi connectivity index (χ4v) is 4.20. The molecule has 0 saturated heterocycles. The third kappa shape index (κ3) is 2.80. The van der Waals surface area contributed by atoms with E-state index in [4.69, 9.17) is 0 Å². The van der Waals surface area contributed by atoms with Gasteiger partial charge in [0.05, 0.1) is 0 Å². The molecule has 25 heavy (non-hydrogen) atoms. The maximum atomic E-state index is 12.0. The van der Waals surface area contributed by atoms with Gasteiger partial charge in [0.2, 0.25) is 0 Å². The van der Waals surface area contributed by atoms with Crippen molar-refractivity contribution < 1.29 is 5.11 Å². The number of aliphatic hydroxyl groups is 1. The summed E-state index contributed by atoms with van der Waals surface area (Å²) in [5.74, 6) is 0. The highest BCUT2D eigenvalue weighted by Gasteiger charge is 2.36. The Morgan fingerprint density at radius 1 is 0.600 bits per heavy atom. The third-order valence-corrected chi connectivity index (χ3v) is 5.44. The number of hydrogen-bond acceptors (Lipinski definition) is 2. The van der Waals surface area contributed by atoms with Gasteiger partial charge in [0, 0.05) is 10.4 Å². The maximum absolute atomic E-state index is 12.0. The normalized spacial score (nSPS) is 11.4. The van der Waals surface area contributed by atoms with Gasteiger partial charge in [-0.3, -0.25) is 0 Å². The summed E-state index contributed by atoms with van der Waals surface area (Å²) in [4.78, 5) is 1.09. The summed E-state index contributed by atoms with van der Waals surface area (Å²) in [6, 6.07) is 32.1. The van der Waals surface area contributed by atoms with E-state index in [-0.39, 0.29) is 0 Å². The minimum atomic E-state index is -1.19. The van der Waals surface area contributed by atoms with Crippen molar-refractivity contribution in [2.45, 2.75) is 5.60 Å². The molecule has 4 rings (SSSR count). The molecular weight excluding hydrogens is 324 g/mol. The van der Waals surface area contributed by atoms with Crippen LogP contribution in [0.4, 0.5) is 0 Å². The monoisotopic (exact) mass is 342 g/mol. The van der Waals surface area contributed by atoms with Crippen molar-refractivity contribution in [3.8, 4) is 10.4 Å². The largest absolute Gasteiger partial charge is 0.376 e. The first-order valence-corrected chi connectivity index (χ1v) is 9.15. The van der Waals surface area contributed by atoms with Crippen molar-refractivity contribution >= 4 is 11.3 Å². The predicted octanol–water partition coefficient (Wildman–Crippen LogP) is 5.70. The van der Waals surface area contributed by atoms with Crippen LogP contribution in [-0.2, 0) is 5.60 Å². The topological polar surface area (TPSA) is 20.2 Å². The Labute approximate surface area is 151 Å². The van der Waals surface area contributed by atoms with Gasteiger partial charge in [-0.15, -0.1) is 11.3 Å². The van der Waals surface area contributed by atoms with Crippen LogP contribution in [0.2, 0.25) is 0 Å². The molecular formula is C23H18OS. The van der Waals surface area contributed by atoms with Crippen molar-refractivity contribution in [3.05, 3.63) is 119 Å². The van der Waals surface area contributed by atoms with Gasteiger partial charge < -0.3 is 5.11 Å². The first-order valence-electron chi connectivity index (χ1n) is 8.27. The van der Waals surface area contributed by atoms with Crippen molar-refractivity contribution in [3.63, 3.8) is 0 Å². The van der Waals surface area contributed by atoms with Gasteiger partial charge in [0.15, 0.2) is 0 Å². The van der Waals surface area contributed by atoms with Crippen LogP contribution in [0.1, 0.15) is 16.7 Å². The second-order valence-corrected chi connectivity index (χ2v) is 6.89. The van der Waals surface area contributed by atoms with Crippen LogP contribution < -0.4 is 0 Å². The number of hydrogen-bond donors (Lipinski definition) is 1. The van der Waals surface area contributed by atoms with E-state index in [0.717, 1.165) is 27.1 Å². The lowest BCUT2D eigenvalue weighted by molar-refractivity contribution is 0.127. The average molecular weight is 342 g/mol. The molecule has 2 heteroatoms. The highest BCUT2D eigenvalue weighted by molar-refractivity contribution is 7.13. The lowest BCUT2D eigenvalue weighted by Crippen LogP contribution is -2.28. The molecule has 0 radical (unpaired) electrons. The van der Waals surface area contributed by atoms with Crippen molar-refractivity contribution in [2.75, 3.05) is 0 Å². The molecule has 0 aliphatic carbocycles. The Bertz CT molecular complexity index is 904. The summed E-state index contributed by atoms with van der Waals surface area (Å²) in [5, 5.41) is 14.0. The zero-order valence-corrected chi connectivity index (χ0v) is 14.5. The standard InChI is InChI=1S/C23H18OS/c24-23(19-12-6-2-7-13-19,20-14-8-3-9-15-20)21-16-17-25-22(21)18-10-4-1-5-11-18/h1-17,24H. The molecule has 4 aromatic rings. The Balaban J connectivity index is 1.97. The molecule has 1 nitrogen and oxygen atoms in total.